The second-order valence-corrected chi connectivity index (χ2v) is 8.61. The molecule has 1 N–H and O–H groups in total. The Morgan fingerprint density at radius 1 is 1.03 bits per heavy atom. The maximum atomic E-state index is 12.8. The van der Waals surface area contributed by atoms with Crippen LogP contribution in [-0.2, 0) is 20.9 Å². The van der Waals surface area contributed by atoms with E-state index in [2.05, 4.69) is 19.2 Å². The molecule has 0 bridgehead atoms. The minimum Gasteiger partial charge on any atom is -0.356 e. The third kappa shape index (κ3) is 5.46. The van der Waals surface area contributed by atoms with Gasteiger partial charge in [-0.15, -0.1) is 0 Å². The van der Waals surface area contributed by atoms with E-state index in [1.807, 2.05) is 0 Å². The fraction of sp³-hybridized carbons (Fsp3) is 0.565. The molecule has 30 heavy (non-hydrogen) atoms. The van der Waals surface area contributed by atoms with Crippen molar-refractivity contribution in [3.05, 3.63) is 35.4 Å². The van der Waals surface area contributed by atoms with Gasteiger partial charge in [-0.05, 0) is 42.9 Å². The van der Waals surface area contributed by atoms with E-state index in [1.54, 1.807) is 29.2 Å². The van der Waals surface area contributed by atoms with Crippen LogP contribution in [0.2, 0.25) is 0 Å². The van der Waals surface area contributed by atoms with Crippen LogP contribution in [0.15, 0.2) is 24.3 Å². The lowest BCUT2D eigenvalue weighted by Crippen LogP contribution is -2.43. The number of likely N-dealkylation sites (tertiary alicyclic amines) is 2. The van der Waals surface area contributed by atoms with Gasteiger partial charge < -0.3 is 10.2 Å². The van der Waals surface area contributed by atoms with E-state index < -0.39 is 0 Å². The average molecular weight is 414 g/mol. The fourth-order valence-electron chi connectivity index (χ4n) is 3.89. The monoisotopic (exact) mass is 413 g/mol. The van der Waals surface area contributed by atoms with Crippen LogP contribution in [0, 0.1) is 11.8 Å². The van der Waals surface area contributed by atoms with Gasteiger partial charge in [-0.3, -0.25) is 24.1 Å². The van der Waals surface area contributed by atoms with Gasteiger partial charge in [-0.2, -0.15) is 0 Å². The molecule has 2 heterocycles. The quantitative estimate of drug-likeness (QED) is 0.695. The first kappa shape index (κ1) is 22.0. The summed E-state index contributed by atoms with van der Waals surface area (Å²) in [6.07, 6.45) is 2.88. The third-order valence-corrected chi connectivity index (χ3v) is 5.87. The molecule has 2 fully saturated rings. The minimum atomic E-state index is -0.142. The lowest BCUT2D eigenvalue weighted by atomic mass is 9.95. The van der Waals surface area contributed by atoms with Crippen molar-refractivity contribution in [3.63, 3.8) is 0 Å². The smallest absolute Gasteiger partial charge is 0.253 e. The Bertz CT molecular complexity index is 779. The Hall–Kier alpha value is -2.70. The molecule has 0 radical (unpaired) electrons. The summed E-state index contributed by atoms with van der Waals surface area (Å²) < 4.78 is 0. The van der Waals surface area contributed by atoms with Crippen LogP contribution in [0.3, 0.4) is 0 Å². The summed E-state index contributed by atoms with van der Waals surface area (Å²) in [5.41, 5.74) is 1.41. The first-order valence-corrected chi connectivity index (χ1v) is 10.8. The van der Waals surface area contributed by atoms with Crippen LogP contribution in [0.5, 0.6) is 0 Å². The Labute approximate surface area is 177 Å². The zero-order chi connectivity index (χ0) is 21.7. The average Bonchev–Trinajstić information content (AvgIpc) is 3.05. The van der Waals surface area contributed by atoms with Crippen molar-refractivity contribution in [1.29, 1.82) is 0 Å². The highest BCUT2D eigenvalue weighted by Crippen LogP contribution is 2.21. The second kappa shape index (κ2) is 9.87. The number of imide groups is 1. The summed E-state index contributed by atoms with van der Waals surface area (Å²) >= 11 is 0. The molecule has 0 spiro atoms. The number of hydrogen-bond acceptors (Lipinski definition) is 4. The zero-order valence-electron chi connectivity index (χ0n) is 17.9. The van der Waals surface area contributed by atoms with Crippen molar-refractivity contribution in [2.24, 2.45) is 11.8 Å². The predicted octanol–water partition coefficient (Wildman–Crippen LogP) is 2.35. The summed E-state index contributed by atoms with van der Waals surface area (Å²) in [5.74, 6) is 0.297. The maximum Gasteiger partial charge on any atom is 0.253 e. The number of nitrogens with zero attached hydrogens (tertiary/aromatic N) is 2. The molecule has 3 rings (SSSR count). The SMILES string of the molecule is CC(C)CCNC(=O)C1CCN(C(=O)c2ccc(CN3C(=O)CCC3=O)cc2)CC1. The van der Waals surface area contributed by atoms with Crippen molar-refractivity contribution in [2.45, 2.75) is 52.5 Å². The van der Waals surface area contributed by atoms with E-state index in [9.17, 15) is 19.2 Å². The molecule has 7 heteroatoms. The van der Waals surface area contributed by atoms with Crippen LogP contribution >= 0.6 is 0 Å². The van der Waals surface area contributed by atoms with E-state index in [0.29, 0.717) is 44.0 Å². The van der Waals surface area contributed by atoms with E-state index in [1.165, 1.54) is 4.90 Å². The molecule has 2 aliphatic heterocycles. The van der Waals surface area contributed by atoms with Crippen LogP contribution in [0.1, 0.15) is 61.9 Å². The van der Waals surface area contributed by atoms with Crippen molar-refractivity contribution in [1.82, 2.24) is 15.1 Å². The zero-order valence-corrected chi connectivity index (χ0v) is 17.9. The Balaban J connectivity index is 1.48. The first-order valence-electron chi connectivity index (χ1n) is 10.8. The van der Waals surface area contributed by atoms with Gasteiger partial charge in [0.2, 0.25) is 17.7 Å². The summed E-state index contributed by atoms with van der Waals surface area (Å²) in [7, 11) is 0. The molecule has 0 atom stereocenters. The van der Waals surface area contributed by atoms with Gasteiger partial charge in [0.1, 0.15) is 0 Å². The maximum absolute atomic E-state index is 12.8. The molecule has 1 aromatic carbocycles. The molecule has 2 saturated heterocycles. The van der Waals surface area contributed by atoms with Gasteiger partial charge in [-0.1, -0.05) is 26.0 Å². The Kier molecular flexibility index (Phi) is 7.24. The summed E-state index contributed by atoms with van der Waals surface area (Å²) in [4.78, 5) is 51.6. The normalized spacial score (nSPS) is 17.7. The van der Waals surface area contributed by atoms with Gasteiger partial charge >= 0.3 is 0 Å². The first-order chi connectivity index (χ1) is 14.3. The highest BCUT2D eigenvalue weighted by molar-refractivity contribution is 6.01. The number of piperidine rings is 1. The van der Waals surface area contributed by atoms with Crippen molar-refractivity contribution in [2.75, 3.05) is 19.6 Å². The standard InChI is InChI=1S/C23H31N3O4/c1-16(2)9-12-24-22(29)18-10-13-25(14-11-18)23(30)19-5-3-17(4-6-19)15-26-20(27)7-8-21(26)28/h3-6,16,18H,7-15H2,1-2H3,(H,24,29). The molecule has 4 amide bonds. The van der Waals surface area contributed by atoms with Gasteiger partial charge in [0.25, 0.3) is 5.91 Å². The Morgan fingerprint density at radius 2 is 1.63 bits per heavy atom. The number of hydrogen-bond donors (Lipinski definition) is 1. The molecule has 2 aliphatic rings. The van der Waals surface area contributed by atoms with Crippen molar-refractivity contribution < 1.29 is 19.2 Å². The number of rotatable bonds is 7. The fourth-order valence-corrected chi connectivity index (χ4v) is 3.89. The molecule has 7 nitrogen and oxygen atoms in total. The largest absolute Gasteiger partial charge is 0.356 e. The highest BCUT2D eigenvalue weighted by Gasteiger charge is 2.29. The number of carbonyl (C=O) groups is 4. The highest BCUT2D eigenvalue weighted by atomic mass is 16.2. The molecule has 1 aromatic rings. The van der Waals surface area contributed by atoms with Crippen LogP contribution in [-0.4, -0.2) is 53.1 Å². The lowest BCUT2D eigenvalue weighted by Gasteiger charge is -2.31. The van der Waals surface area contributed by atoms with Crippen LogP contribution < -0.4 is 5.32 Å². The second-order valence-electron chi connectivity index (χ2n) is 8.61. The van der Waals surface area contributed by atoms with E-state index in [4.69, 9.17) is 0 Å². The van der Waals surface area contributed by atoms with Gasteiger partial charge in [0.05, 0.1) is 6.54 Å². The van der Waals surface area contributed by atoms with Crippen LogP contribution in [0.4, 0.5) is 0 Å². The molecule has 0 aliphatic carbocycles. The van der Waals surface area contributed by atoms with E-state index in [0.717, 1.165) is 12.0 Å². The molecular formula is C23H31N3O4. The van der Waals surface area contributed by atoms with E-state index in [-0.39, 0.29) is 48.9 Å². The summed E-state index contributed by atoms with van der Waals surface area (Å²) in [5, 5.41) is 3.01. The molecule has 0 aromatic heterocycles. The Morgan fingerprint density at radius 3 is 2.20 bits per heavy atom. The number of benzene rings is 1. The molecule has 0 unspecified atom stereocenters. The van der Waals surface area contributed by atoms with Crippen molar-refractivity contribution >= 4 is 23.6 Å². The lowest BCUT2D eigenvalue weighted by molar-refractivity contribution is -0.139. The molecule has 162 valence electrons. The number of carbonyl (C=O) groups excluding carboxylic acids is 4. The number of amides is 4. The van der Waals surface area contributed by atoms with E-state index >= 15 is 0 Å². The number of nitrogens with one attached hydrogen (secondary N) is 1. The summed E-state index contributed by atoms with van der Waals surface area (Å²) in [6, 6.07) is 7.07. The predicted molar refractivity (Wildman–Crippen MR) is 112 cm³/mol. The van der Waals surface area contributed by atoms with Crippen molar-refractivity contribution in [3.8, 4) is 0 Å². The van der Waals surface area contributed by atoms with Gasteiger partial charge in [-0.25, -0.2) is 0 Å². The van der Waals surface area contributed by atoms with Crippen LogP contribution in [0.25, 0.3) is 0 Å². The topological polar surface area (TPSA) is 86.8 Å². The minimum absolute atomic E-state index is 0.0286. The van der Waals surface area contributed by atoms with Gasteiger partial charge in [0.15, 0.2) is 0 Å². The summed E-state index contributed by atoms with van der Waals surface area (Å²) in [6.45, 7) is 6.36. The van der Waals surface area contributed by atoms with Gasteiger partial charge in [0, 0.05) is 44.0 Å². The third-order valence-electron chi connectivity index (χ3n) is 5.87. The molecule has 0 saturated carbocycles. The molecular weight excluding hydrogens is 382 g/mol.